The Hall–Kier alpha value is -1.63. The van der Waals surface area contributed by atoms with Crippen molar-refractivity contribution in [3.63, 3.8) is 0 Å². The van der Waals surface area contributed by atoms with Crippen LogP contribution in [-0.2, 0) is 7.05 Å². The average Bonchev–Trinajstić information content (AvgIpc) is 2.50. The molecule has 0 bridgehead atoms. The SMILES string of the molecule is [2H]c1c([2H])c(C)c(-c2c([2H])c(C)c(C)c([2H])[n+]2C)c(C)c1[2H]. The highest BCUT2D eigenvalue weighted by Gasteiger charge is 2.15. The first-order valence-corrected chi connectivity index (χ1v) is 5.64. The number of hydrogen-bond donors (Lipinski definition) is 0. The van der Waals surface area contributed by atoms with Crippen molar-refractivity contribution >= 4 is 0 Å². The summed E-state index contributed by atoms with van der Waals surface area (Å²) >= 11 is 0. The third-order valence-corrected chi connectivity index (χ3v) is 3.03. The maximum Gasteiger partial charge on any atom is 0.213 e. The van der Waals surface area contributed by atoms with Gasteiger partial charge in [0, 0.05) is 11.6 Å². The molecule has 1 heterocycles. The average molecular weight is 231 g/mol. The summed E-state index contributed by atoms with van der Waals surface area (Å²) in [6.45, 7) is 7.10. The smallest absolute Gasteiger partial charge is 0.201 e. The first-order valence-electron chi connectivity index (χ1n) is 8.14. The van der Waals surface area contributed by atoms with Gasteiger partial charge in [0.1, 0.15) is 8.42 Å². The van der Waals surface area contributed by atoms with Crippen molar-refractivity contribution in [1.82, 2.24) is 0 Å². The molecule has 0 atom stereocenters. The maximum atomic E-state index is 8.43. The van der Waals surface area contributed by atoms with E-state index in [9.17, 15) is 0 Å². The summed E-state index contributed by atoms with van der Waals surface area (Å²) in [5, 5.41) is 0. The zero-order chi connectivity index (χ0) is 16.9. The van der Waals surface area contributed by atoms with Gasteiger partial charge in [-0.2, -0.15) is 0 Å². The minimum absolute atomic E-state index is 0.00904. The fourth-order valence-electron chi connectivity index (χ4n) is 1.96. The van der Waals surface area contributed by atoms with Gasteiger partial charge in [0.05, 0.1) is 11.0 Å². The van der Waals surface area contributed by atoms with Gasteiger partial charge in [0.25, 0.3) is 0 Å². The van der Waals surface area contributed by atoms with E-state index in [2.05, 4.69) is 0 Å². The van der Waals surface area contributed by atoms with Crippen molar-refractivity contribution in [3.8, 4) is 11.3 Å². The molecule has 1 aromatic carbocycles. The Labute approximate surface area is 111 Å². The third kappa shape index (κ3) is 2.10. The lowest BCUT2D eigenvalue weighted by Crippen LogP contribution is -2.31. The molecule has 1 aromatic heterocycles. The molecule has 0 radical (unpaired) electrons. The van der Waals surface area contributed by atoms with Gasteiger partial charge in [-0.15, -0.1) is 0 Å². The van der Waals surface area contributed by atoms with Crippen LogP contribution >= 0.6 is 0 Å². The maximum absolute atomic E-state index is 8.43. The Morgan fingerprint density at radius 3 is 2.12 bits per heavy atom. The van der Waals surface area contributed by atoms with Crippen LogP contribution < -0.4 is 4.57 Å². The van der Waals surface area contributed by atoms with E-state index in [1.807, 2.05) is 13.8 Å². The minimum atomic E-state index is -0.0946. The van der Waals surface area contributed by atoms with Crippen LogP contribution in [0.15, 0.2) is 30.3 Å². The zero-order valence-corrected chi connectivity index (χ0v) is 10.9. The van der Waals surface area contributed by atoms with E-state index < -0.39 is 0 Å². The van der Waals surface area contributed by atoms with Crippen molar-refractivity contribution < 1.29 is 11.4 Å². The van der Waals surface area contributed by atoms with Crippen molar-refractivity contribution in [2.24, 2.45) is 7.05 Å². The van der Waals surface area contributed by atoms with Crippen LogP contribution in [0.4, 0.5) is 0 Å². The Morgan fingerprint density at radius 1 is 0.941 bits per heavy atom. The highest BCUT2D eigenvalue weighted by atomic mass is 14.9. The normalized spacial score (nSPS) is 14.8. The van der Waals surface area contributed by atoms with Crippen LogP contribution in [-0.4, -0.2) is 0 Å². The van der Waals surface area contributed by atoms with Gasteiger partial charge in [-0.05, 0) is 44.4 Å². The fourth-order valence-corrected chi connectivity index (χ4v) is 1.96. The van der Waals surface area contributed by atoms with E-state index in [0.717, 1.165) is 11.1 Å². The number of hydrogen-bond acceptors (Lipinski definition) is 0. The summed E-state index contributed by atoms with van der Waals surface area (Å²) in [6, 6.07) is 0.228. The number of benzene rings is 1. The molecule has 1 nitrogen and oxygen atoms in total. The highest BCUT2D eigenvalue weighted by molar-refractivity contribution is 5.65. The van der Waals surface area contributed by atoms with E-state index in [0.29, 0.717) is 34.6 Å². The van der Waals surface area contributed by atoms with Gasteiger partial charge in [0.2, 0.25) is 5.69 Å². The molecule has 0 aliphatic rings. The van der Waals surface area contributed by atoms with Gasteiger partial charge in [-0.3, -0.25) is 0 Å². The topological polar surface area (TPSA) is 3.88 Å². The molecule has 2 rings (SSSR count). The lowest BCUT2D eigenvalue weighted by Gasteiger charge is -2.09. The summed E-state index contributed by atoms with van der Waals surface area (Å²) in [7, 11) is 1.73. The van der Waals surface area contributed by atoms with Gasteiger partial charge in [-0.25, -0.2) is 4.57 Å². The summed E-state index contributed by atoms with van der Waals surface area (Å²) < 4.78 is 42.2. The largest absolute Gasteiger partial charge is 0.213 e. The summed E-state index contributed by atoms with van der Waals surface area (Å²) in [5.41, 5.74) is 3.78. The summed E-state index contributed by atoms with van der Waals surface area (Å²) in [6.07, 6.45) is 0.315. The zero-order valence-electron chi connectivity index (χ0n) is 15.9. The van der Waals surface area contributed by atoms with E-state index in [1.54, 1.807) is 25.5 Å². The van der Waals surface area contributed by atoms with Crippen molar-refractivity contribution in [2.75, 3.05) is 0 Å². The quantitative estimate of drug-likeness (QED) is 0.662. The molecule has 2 aromatic rings. The fraction of sp³-hybridized carbons (Fsp3) is 0.312. The molecular formula is C16H20N+. The molecule has 0 spiro atoms. The van der Waals surface area contributed by atoms with Gasteiger partial charge in [-0.1, -0.05) is 18.1 Å². The van der Waals surface area contributed by atoms with Gasteiger partial charge < -0.3 is 0 Å². The molecule has 88 valence electrons. The Bertz CT molecular complexity index is 671. The van der Waals surface area contributed by atoms with Crippen molar-refractivity contribution in [1.29, 1.82) is 0 Å². The molecule has 1 heteroatoms. The molecule has 0 fully saturated rings. The van der Waals surface area contributed by atoms with Crippen molar-refractivity contribution in [3.05, 3.63) is 52.6 Å². The third-order valence-electron chi connectivity index (χ3n) is 3.03. The van der Waals surface area contributed by atoms with Gasteiger partial charge in [0.15, 0.2) is 6.17 Å². The Morgan fingerprint density at radius 2 is 1.53 bits per heavy atom. The number of nitrogens with zero attached hydrogens (tertiary/aromatic N) is 1. The second kappa shape index (κ2) is 4.33. The number of aromatic nitrogens is 1. The predicted octanol–water partition coefficient (Wildman–Crippen LogP) is 3.41. The van der Waals surface area contributed by atoms with E-state index in [4.69, 9.17) is 6.85 Å². The molecule has 0 aliphatic carbocycles. The molecule has 0 unspecified atom stereocenters. The lowest BCUT2D eigenvalue weighted by molar-refractivity contribution is -0.660. The Kier molecular flexibility index (Phi) is 1.77. The molecule has 0 N–H and O–H groups in total. The molecule has 17 heavy (non-hydrogen) atoms. The molecule has 0 saturated heterocycles. The monoisotopic (exact) mass is 231 g/mol. The van der Waals surface area contributed by atoms with E-state index >= 15 is 0 Å². The van der Waals surface area contributed by atoms with Crippen LogP contribution in [0, 0.1) is 27.7 Å². The van der Waals surface area contributed by atoms with Crippen LogP contribution in [0.2, 0.25) is 0 Å². The summed E-state index contributed by atoms with van der Waals surface area (Å²) in [4.78, 5) is 0. The van der Waals surface area contributed by atoms with E-state index in [-0.39, 0.29) is 18.1 Å². The Balaban J connectivity index is 3.03. The standard InChI is InChI=1S/C16H20N/c1-11-7-6-8-12(2)16(11)15-9-13(3)14(4)10-17(15)5/h6-10H,1-5H3/q+1/i6D,7D,8D,9D,10D. The second-order valence-electron chi connectivity index (χ2n) is 4.39. The second-order valence-corrected chi connectivity index (χ2v) is 4.39. The van der Waals surface area contributed by atoms with Crippen LogP contribution in [0.5, 0.6) is 0 Å². The van der Waals surface area contributed by atoms with E-state index in [1.165, 1.54) is 0 Å². The molecule has 0 aliphatic heterocycles. The predicted molar refractivity (Wildman–Crippen MR) is 72.0 cm³/mol. The van der Waals surface area contributed by atoms with Crippen molar-refractivity contribution in [2.45, 2.75) is 27.7 Å². The number of rotatable bonds is 1. The highest BCUT2D eigenvalue weighted by Crippen LogP contribution is 2.25. The van der Waals surface area contributed by atoms with Crippen LogP contribution in [0.1, 0.15) is 29.1 Å². The van der Waals surface area contributed by atoms with Crippen LogP contribution in [0.25, 0.3) is 11.3 Å². The summed E-state index contributed by atoms with van der Waals surface area (Å²) in [5.74, 6) is 0. The molecular weight excluding hydrogens is 206 g/mol. The number of pyridine rings is 1. The first-order chi connectivity index (χ1) is 10.1. The molecule has 0 amide bonds. The lowest BCUT2D eigenvalue weighted by atomic mass is 9.97. The van der Waals surface area contributed by atoms with Crippen LogP contribution in [0.3, 0.4) is 0 Å². The minimum Gasteiger partial charge on any atom is -0.201 e. The van der Waals surface area contributed by atoms with Gasteiger partial charge >= 0.3 is 0 Å². The molecule has 0 saturated carbocycles. The first kappa shape index (κ1) is 6.95.